The molecule has 1 aliphatic heterocycles. The van der Waals surface area contributed by atoms with Crippen LogP contribution in [0.2, 0.25) is 0 Å². The summed E-state index contributed by atoms with van der Waals surface area (Å²) in [4.78, 5) is 27.3. The van der Waals surface area contributed by atoms with Crippen LogP contribution in [-0.2, 0) is 16.1 Å². The zero-order valence-corrected chi connectivity index (χ0v) is 11.5. The number of hydrogen-bond acceptors (Lipinski definition) is 4. The maximum atomic E-state index is 11.7. The minimum Gasteiger partial charge on any atom is -0.395 e. The SMILES string of the molecule is CC(C)c1c(C=C2NC(=O)CNC2=O)ncn1CCO. The summed E-state index contributed by atoms with van der Waals surface area (Å²) in [6, 6.07) is 0. The number of aliphatic hydroxyl groups excluding tert-OH is 1. The highest BCUT2D eigenvalue weighted by molar-refractivity contribution is 6.05. The van der Waals surface area contributed by atoms with E-state index in [1.165, 1.54) is 0 Å². The average Bonchev–Trinajstić information content (AvgIpc) is 2.77. The molecule has 2 amide bonds. The second kappa shape index (κ2) is 5.87. The molecule has 1 fully saturated rings. The molecule has 1 aliphatic rings. The maximum absolute atomic E-state index is 11.7. The van der Waals surface area contributed by atoms with E-state index in [1.54, 1.807) is 12.4 Å². The van der Waals surface area contributed by atoms with Gasteiger partial charge in [-0.1, -0.05) is 13.8 Å². The van der Waals surface area contributed by atoms with Gasteiger partial charge in [0, 0.05) is 12.2 Å². The van der Waals surface area contributed by atoms with Gasteiger partial charge in [0.1, 0.15) is 5.70 Å². The molecule has 0 radical (unpaired) electrons. The van der Waals surface area contributed by atoms with Gasteiger partial charge < -0.3 is 20.3 Å². The predicted octanol–water partition coefficient (Wildman–Crippen LogP) is -0.414. The van der Waals surface area contributed by atoms with Gasteiger partial charge in [-0.05, 0) is 12.0 Å². The number of piperazine rings is 1. The number of aliphatic hydroxyl groups is 1. The molecule has 0 spiro atoms. The van der Waals surface area contributed by atoms with Crippen LogP contribution in [0.5, 0.6) is 0 Å². The molecule has 7 heteroatoms. The van der Waals surface area contributed by atoms with Gasteiger partial charge in [0.2, 0.25) is 5.91 Å². The van der Waals surface area contributed by atoms with E-state index >= 15 is 0 Å². The zero-order chi connectivity index (χ0) is 14.7. The number of rotatable bonds is 4. The molecule has 1 aromatic rings. The molecule has 0 atom stereocenters. The van der Waals surface area contributed by atoms with E-state index < -0.39 is 0 Å². The van der Waals surface area contributed by atoms with Crippen molar-refractivity contribution in [2.24, 2.45) is 0 Å². The van der Waals surface area contributed by atoms with Gasteiger partial charge in [-0.3, -0.25) is 9.59 Å². The number of hydrogen-bond donors (Lipinski definition) is 3. The fourth-order valence-corrected chi connectivity index (χ4v) is 2.18. The van der Waals surface area contributed by atoms with E-state index in [0.717, 1.165) is 5.69 Å². The summed E-state index contributed by atoms with van der Waals surface area (Å²) >= 11 is 0. The largest absolute Gasteiger partial charge is 0.395 e. The van der Waals surface area contributed by atoms with E-state index in [0.29, 0.717) is 12.2 Å². The van der Waals surface area contributed by atoms with Crippen LogP contribution in [0.3, 0.4) is 0 Å². The lowest BCUT2D eigenvalue weighted by Crippen LogP contribution is -2.46. The van der Waals surface area contributed by atoms with Crippen LogP contribution >= 0.6 is 0 Å². The summed E-state index contributed by atoms with van der Waals surface area (Å²) < 4.78 is 1.85. The topological polar surface area (TPSA) is 96.3 Å². The molecule has 2 rings (SSSR count). The summed E-state index contributed by atoms with van der Waals surface area (Å²) in [7, 11) is 0. The number of amides is 2. The summed E-state index contributed by atoms with van der Waals surface area (Å²) in [5.41, 5.74) is 1.73. The summed E-state index contributed by atoms with van der Waals surface area (Å²) in [5.74, 6) is -0.397. The van der Waals surface area contributed by atoms with Gasteiger partial charge in [0.05, 0.1) is 25.2 Å². The van der Waals surface area contributed by atoms with Crippen molar-refractivity contribution in [3.8, 4) is 0 Å². The Hall–Kier alpha value is -2.15. The van der Waals surface area contributed by atoms with E-state index in [1.807, 2.05) is 18.4 Å². The Balaban J connectivity index is 2.37. The Labute approximate surface area is 116 Å². The molecule has 0 bridgehead atoms. The first-order valence-corrected chi connectivity index (χ1v) is 6.48. The van der Waals surface area contributed by atoms with Crippen molar-refractivity contribution < 1.29 is 14.7 Å². The fraction of sp³-hybridized carbons (Fsp3) is 0.462. The van der Waals surface area contributed by atoms with Crippen molar-refractivity contribution in [2.75, 3.05) is 13.2 Å². The highest BCUT2D eigenvalue weighted by atomic mass is 16.3. The summed E-state index contributed by atoms with van der Waals surface area (Å²) in [6.07, 6.45) is 3.19. The fourth-order valence-electron chi connectivity index (χ4n) is 2.18. The monoisotopic (exact) mass is 278 g/mol. The van der Waals surface area contributed by atoms with Crippen molar-refractivity contribution >= 4 is 17.9 Å². The second-order valence-corrected chi connectivity index (χ2v) is 4.88. The summed E-state index contributed by atoms with van der Waals surface area (Å²) in [5, 5.41) is 14.1. The molecule has 20 heavy (non-hydrogen) atoms. The third-order valence-corrected chi connectivity index (χ3v) is 3.01. The average molecular weight is 278 g/mol. The number of aromatic nitrogens is 2. The molecule has 0 aromatic carbocycles. The Kier molecular flexibility index (Phi) is 4.19. The number of nitrogens with one attached hydrogen (secondary N) is 2. The Bertz CT molecular complexity index is 560. The van der Waals surface area contributed by atoms with Crippen LogP contribution in [0, 0.1) is 0 Å². The summed E-state index contributed by atoms with van der Waals surface area (Å²) in [6.45, 7) is 4.47. The number of carbonyl (C=O) groups excluding carboxylic acids is 2. The van der Waals surface area contributed by atoms with Crippen LogP contribution in [0.15, 0.2) is 12.0 Å². The quantitative estimate of drug-likeness (QED) is 0.652. The molecule has 7 nitrogen and oxygen atoms in total. The van der Waals surface area contributed by atoms with Crippen LogP contribution in [0.25, 0.3) is 6.08 Å². The van der Waals surface area contributed by atoms with Gasteiger partial charge in [-0.2, -0.15) is 0 Å². The number of imidazole rings is 1. The maximum Gasteiger partial charge on any atom is 0.268 e. The minimum absolute atomic E-state index is 0.00777. The molecule has 3 N–H and O–H groups in total. The van der Waals surface area contributed by atoms with Crippen LogP contribution in [-0.4, -0.2) is 39.6 Å². The smallest absolute Gasteiger partial charge is 0.268 e. The van der Waals surface area contributed by atoms with Gasteiger partial charge in [0.15, 0.2) is 0 Å². The number of carbonyl (C=O) groups is 2. The molecule has 2 heterocycles. The lowest BCUT2D eigenvalue weighted by molar-refractivity contribution is -0.127. The minimum atomic E-state index is -0.323. The van der Waals surface area contributed by atoms with Crippen LogP contribution < -0.4 is 10.6 Å². The van der Waals surface area contributed by atoms with Crippen molar-refractivity contribution in [2.45, 2.75) is 26.3 Å². The van der Waals surface area contributed by atoms with Gasteiger partial charge >= 0.3 is 0 Å². The van der Waals surface area contributed by atoms with Gasteiger partial charge in [-0.25, -0.2) is 4.98 Å². The molecule has 0 saturated carbocycles. The first kappa shape index (κ1) is 14.3. The van der Waals surface area contributed by atoms with E-state index in [2.05, 4.69) is 15.6 Å². The lowest BCUT2D eigenvalue weighted by Gasteiger charge is -2.16. The molecule has 0 aliphatic carbocycles. The molecule has 0 unspecified atom stereocenters. The zero-order valence-electron chi connectivity index (χ0n) is 11.5. The highest BCUT2D eigenvalue weighted by Crippen LogP contribution is 2.21. The van der Waals surface area contributed by atoms with Crippen molar-refractivity contribution in [1.29, 1.82) is 0 Å². The van der Waals surface area contributed by atoms with Crippen molar-refractivity contribution in [1.82, 2.24) is 20.2 Å². The van der Waals surface area contributed by atoms with E-state index in [4.69, 9.17) is 5.11 Å². The normalized spacial score (nSPS) is 17.5. The molecule has 1 aromatic heterocycles. The standard InChI is InChI=1S/C13H18N4O3/c1-8(2)12-9(15-7-17(12)3-4-18)5-10-13(20)14-6-11(19)16-10/h5,7-8,18H,3-4,6H2,1-2H3,(H,14,20)(H,16,19). The van der Waals surface area contributed by atoms with Crippen LogP contribution in [0.4, 0.5) is 0 Å². The Morgan fingerprint density at radius 3 is 2.90 bits per heavy atom. The number of nitrogens with zero attached hydrogens (tertiary/aromatic N) is 2. The predicted molar refractivity (Wildman–Crippen MR) is 72.5 cm³/mol. The lowest BCUT2D eigenvalue weighted by atomic mass is 10.1. The molecule has 1 saturated heterocycles. The molecule has 108 valence electrons. The van der Waals surface area contributed by atoms with Crippen molar-refractivity contribution in [3.05, 3.63) is 23.4 Å². The first-order valence-electron chi connectivity index (χ1n) is 6.48. The Morgan fingerprint density at radius 2 is 2.25 bits per heavy atom. The van der Waals surface area contributed by atoms with Crippen molar-refractivity contribution in [3.63, 3.8) is 0 Å². The van der Waals surface area contributed by atoms with Gasteiger partial charge in [0.25, 0.3) is 5.91 Å². The molecular weight excluding hydrogens is 260 g/mol. The highest BCUT2D eigenvalue weighted by Gasteiger charge is 2.21. The third-order valence-electron chi connectivity index (χ3n) is 3.01. The molecular formula is C13H18N4O3. The van der Waals surface area contributed by atoms with Gasteiger partial charge in [-0.15, -0.1) is 0 Å². The third kappa shape index (κ3) is 2.88. The first-order chi connectivity index (χ1) is 9.52. The van der Waals surface area contributed by atoms with E-state index in [9.17, 15) is 9.59 Å². The second-order valence-electron chi connectivity index (χ2n) is 4.88. The Morgan fingerprint density at radius 1 is 1.50 bits per heavy atom. The van der Waals surface area contributed by atoms with Crippen LogP contribution in [0.1, 0.15) is 31.2 Å². The van der Waals surface area contributed by atoms with E-state index in [-0.39, 0.29) is 36.6 Å².